The Morgan fingerprint density at radius 3 is 2.44 bits per heavy atom. The Hall–Kier alpha value is -0.860. The summed E-state index contributed by atoms with van der Waals surface area (Å²) in [5.74, 6) is 0. The molecule has 0 atom stereocenters. The van der Waals surface area contributed by atoms with Crippen molar-refractivity contribution < 1.29 is 0 Å². The van der Waals surface area contributed by atoms with E-state index in [1.54, 1.807) is 11.1 Å². The standard InChI is InChI=1S/C16H21NS/c1-16(2,3)15-12-7-10-5-4-6-11(10)8-13(12)18-14(15)9-17/h7-8H,4-6,9,17H2,1-3H3. The average Bonchev–Trinajstić information content (AvgIpc) is 2.86. The molecule has 1 aromatic carbocycles. The predicted octanol–water partition coefficient (Wildman–Crippen LogP) is 4.15. The fourth-order valence-electron chi connectivity index (χ4n) is 3.18. The van der Waals surface area contributed by atoms with E-state index in [9.17, 15) is 0 Å². The SMILES string of the molecule is CC(C)(C)c1c(CN)sc2cc3c(cc12)CCC3. The third-order valence-electron chi connectivity index (χ3n) is 3.91. The van der Waals surface area contributed by atoms with Gasteiger partial charge in [-0.15, -0.1) is 11.3 Å². The second kappa shape index (κ2) is 4.07. The summed E-state index contributed by atoms with van der Waals surface area (Å²) in [7, 11) is 0. The van der Waals surface area contributed by atoms with Crippen molar-refractivity contribution in [3.8, 4) is 0 Å². The van der Waals surface area contributed by atoms with Crippen molar-refractivity contribution in [2.24, 2.45) is 5.73 Å². The summed E-state index contributed by atoms with van der Waals surface area (Å²) in [5, 5.41) is 1.45. The summed E-state index contributed by atoms with van der Waals surface area (Å²) in [6, 6.07) is 4.85. The van der Waals surface area contributed by atoms with Crippen LogP contribution in [0.1, 0.15) is 48.8 Å². The lowest BCUT2D eigenvalue weighted by Crippen LogP contribution is -2.14. The summed E-state index contributed by atoms with van der Waals surface area (Å²) in [5.41, 5.74) is 10.7. The maximum Gasteiger partial charge on any atom is 0.0352 e. The molecule has 1 aliphatic rings. The third-order valence-corrected chi connectivity index (χ3v) is 5.09. The highest BCUT2D eigenvalue weighted by Gasteiger charge is 2.24. The minimum absolute atomic E-state index is 0.180. The molecule has 2 heteroatoms. The molecule has 1 nitrogen and oxygen atoms in total. The van der Waals surface area contributed by atoms with Crippen LogP contribution in [0, 0.1) is 0 Å². The zero-order valence-electron chi connectivity index (χ0n) is 11.5. The second-order valence-electron chi connectivity index (χ2n) is 6.32. The highest BCUT2D eigenvalue weighted by atomic mass is 32.1. The second-order valence-corrected chi connectivity index (χ2v) is 7.46. The number of aryl methyl sites for hydroxylation is 2. The summed E-state index contributed by atoms with van der Waals surface area (Å²) in [6.07, 6.45) is 3.83. The van der Waals surface area contributed by atoms with Crippen LogP contribution in [0.2, 0.25) is 0 Å². The van der Waals surface area contributed by atoms with E-state index >= 15 is 0 Å². The molecule has 0 spiro atoms. The van der Waals surface area contributed by atoms with Gasteiger partial charge in [-0.05, 0) is 58.9 Å². The number of fused-ring (bicyclic) bond motifs is 2. The lowest BCUT2D eigenvalue weighted by atomic mass is 9.84. The molecule has 0 unspecified atom stereocenters. The number of nitrogens with two attached hydrogens (primary N) is 1. The zero-order chi connectivity index (χ0) is 12.9. The molecular formula is C16H21NS. The molecule has 1 heterocycles. The van der Waals surface area contributed by atoms with Gasteiger partial charge < -0.3 is 5.73 Å². The van der Waals surface area contributed by atoms with Gasteiger partial charge >= 0.3 is 0 Å². The highest BCUT2D eigenvalue weighted by molar-refractivity contribution is 7.19. The molecule has 0 saturated heterocycles. The predicted molar refractivity (Wildman–Crippen MR) is 80.4 cm³/mol. The van der Waals surface area contributed by atoms with E-state index in [1.165, 1.54) is 39.8 Å². The molecule has 2 aromatic rings. The van der Waals surface area contributed by atoms with Gasteiger partial charge in [0.1, 0.15) is 0 Å². The van der Waals surface area contributed by atoms with E-state index in [-0.39, 0.29) is 5.41 Å². The Morgan fingerprint density at radius 2 is 1.83 bits per heavy atom. The maximum absolute atomic E-state index is 5.94. The molecule has 2 N–H and O–H groups in total. The number of hydrogen-bond donors (Lipinski definition) is 1. The number of benzene rings is 1. The smallest absolute Gasteiger partial charge is 0.0352 e. The van der Waals surface area contributed by atoms with E-state index in [0.29, 0.717) is 6.54 Å². The normalized spacial score (nSPS) is 15.3. The van der Waals surface area contributed by atoms with Crippen molar-refractivity contribution in [1.29, 1.82) is 0 Å². The van der Waals surface area contributed by atoms with E-state index in [2.05, 4.69) is 32.9 Å². The Labute approximate surface area is 113 Å². The summed E-state index contributed by atoms with van der Waals surface area (Å²) in [4.78, 5) is 1.36. The molecule has 96 valence electrons. The molecule has 0 aliphatic heterocycles. The van der Waals surface area contributed by atoms with Crippen LogP contribution in [0.15, 0.2) is 12.1 Å². The zero-order valence-corrected chi connectivity index (χ0v) is 12.3. The quantitative estimate of drug-likeness (QED) is 0.818. The number of thiophene rings is 1. The van der Waals surface area contributed by atoms with Crippen LogP contribution in [0.25, 0.3) is 10.1 Å². The first-order chi connectivity index (χ1) is 8.50. The van der Waals surface area contributed by atoms with Gasteiger partial charge in [-0.2, -0.15) is 0 Å². The Kier molecular flexibility index (Phi) is 2.76. The van der Waals surface area contributed by atoms with Crippen LogP contribution in [-0.4, -0.2) is 0 Å². The Morgan fingerprint density at radius 1 is 1.17 bits per heavy atom. The molecule has 18 heavy (non-hydrogen) atoms. The van der Waals surface area contributed by atoms with Crippen molar-refractivity contribution >= 4 is 21.4 Å². The van der Waals surface area contributed by atoms with Gasteiger partial charge in [0.25, 0.3) is 0 Å². The summed E-state index contributed by atoms with van der Waals surface area (Å²) >= 11 is 1.89. The Bertz CT molecular complexity index is 602. The molecule has 0 fully saturated rings. The van der Waals surface area contributed by atoms with Crippen LogP contribution in [0.5, 0.6) is 0 Å². The third kappa shape index (κ3) is 1.79. The molecule has 1 aliphatic carbocycles. The minimum atomic E-state index is 0.180. The molecular weight excluding hydrogens is 238 g/mol. The first-order valence-electron chi connectivity index (χ1n) is 6.78. The largest absolute Gasteiger partial charge is 0.326 e. The number of rotatable bonds is 1. The van der Waals surface area contributed by atoms with E-state index in [4.69, 9.17) is 5.73 Å². The monoisotopic (exact) mass is 259 g/mol. The van der Waals surface area contributed by atoms with E-state index in [1.807, 2.05) is 11.3 Å². The molecule has 3 rings (SSSR count). The van der Waals surface area contributed by atoms with Crippen molar-refractivity contribution in [3.05, 3.63) is 33.7 Å². The van der Waals surface area contributed by atoms with Crippen LogP contribution in [0.3, 0.4) is 0 Å². The average molecular weight is 259 g/mol. The van der Waals surface area contributed by atoms with Gasteiger partial charge in [0.05, 0.1) is 0 Å². The van der Waals surface area contributed by atoms with Crippen molar-refractivity contribution in [2.45, 2.75) is 52.0 Å². The van der Waals surface area contributed by atoms with Gasteiger partial charge in [-0.25, -0.2) is 0 Å². The lowest BCUT2D eigenvalue weighted by Gasteiger charge is -2.20. The van der Waals surface area contributed by atoms with E-state index in [0.717, 1.165) is 0 Å². The van der Waals surface area contributed by atoms with Crippen LogP contribution in [-0.2, 0) is 24.8 Å². The highest BCUT2D eigenvalue weighted by Crippen LogP contribution is 2.41. The van der Waals surface area contributed by atoms with Gasteiger partial charge in [0, 0.05) is 16.1 Å². The van der Waals surface area contributed by atoms with Crippen molar-refractivity contribution in [3.63, 3.8) is 0 Å². The van der Waals surface area contributed by atoms with Gasteiger partial charge in [-0.1, -0.05) is 20.8 Å². The fraction of sp³-hybridized carbons (Fsp3) is 0.500. The maximum atomic E-state index is 5.94. The summed E-state index contributed by atoms with van der Waals surface area (Å²) < 4.78 is 1.43. The molecule has 0 saturated carbocycles. The molecule has 0 radical (unpaired) electrons. The van der Waals surface area contributed by atoms with E-state index < -0.39 is 0 Å². The number of hydrogen-bond acceptors (Lipinski definition) is 2. The van der Waals surface area contributed by atoms with Crippen LogP contribution in [0.4, 0.5) is 0 Å². The van der Waals surface area contributed by atoms with Crippen LogP contribution < -0.4 is 5.73 Å². The molecule has 0 bridgehead atoms. The fourth-order valence-corrected chi connectivity index (χ4v) is 4.52. The van der Waals surface area contributed by atoms with Crippen molar-refractivity contribution in [2.75, 3.05) is 0 Å². The molecule has 0 amide bonds. The van der Waals surface area contributed by atoms with Crippen LogP contribution >= 0.6 is 11.3 Å². The van der Waals surface area contributed by atoms with Gasteiger partial charge in [0.2, 0.25) is 0 Å². The Balaban J connectivity index is 2.32. The lowest BCUT2D eigenvalue weighted by molar-refractivity contribution is 0.591. The topological polar surface area (TPSA) is 26.0 Å². The van der Waals surface area contributed by atoms with Crippen molar-refractivity contribution in [1.82, 2.24) is 0 Å². The summed E-state index contributed by atoms with van der Waals surface area (Å²) in [6.45, 7) is 7.54. The van der Waals surface area contributed by atoms with Gasteiger partial charge in [0.15, 0.2) is 0 Å². The molecule has 1 aromatic heterocycles. The minimum Gasteiger partial charge on any atom is -0.326 e. The first kappa shape index (κ1) is 12.2. The first-order valence-corrected chi connectivity index (χ1v) is 7.60. The van der Waals surface area contributed by atoms with Gasteiger partial charge in [-0.3, -0.25) is 0 Å².